The topological polar surface area (TPSA) is 67.1 Å². The van der Waals surface area contributed by atoms with Crippen LogP contribution in [0, 0.1) is 5.82 Å². The first-order chi connectivity index (χ1) is 12.7. The molecule has 0 saturated carbocycles. The molecule has 134 valence electrons. The molecule has 0 saturated heterocycles. The minimum Gasteiger partial charge on any atom is -0.360 e. The summed E-state index contributed by atoms with van der Waals surface area (Å²) in [5.41, 5.74) is 3.56. The summed E-state index contributed by atoms with van der Waals surface area (Å²) in [6.07, 6.45) is 4.48. The number of hydrogen-bond donors (Lipinski definition) is 1. The highest BCUT2D eigenvalue weighted by Crippen LogP contribution is 2.30. The lowest BCUT2D eigenvalue weighted by atomic mass is 10.0. The first kappa shape index (κ1) is 16.7. The number of nitrogens with zero attached hydrogens (tertiary/aromatic N) is 4. The molecule has 6 nitrogen and oxygen atoms in total. The average Bonchev–Trinajstić information content (AvgIpc) is 3.07. The van der Waals surface area contributed by atoms with Gasteiger partial charge in [0, 0.05) is 61.7 Å². The largest absolute Gasteiger partial charge is 0.360 e. The van der Waals surface area contributed by atoms with E-state index in [2.05, 4.69) is 25.3 Å². The van der Waals surface area contributed by atoms with Crippen molar-refractivity contribution in [1.82, 2.24) is 20.0 Å². The van der Waals surface area contributed by atoms with Gasteiger partial charge in [0.1, 0.15) is 17.3 Å². The zero-order valence-electron chi connectivity index (χ0n) is 14.6. The number of anilines is 1. The van der Waals surface area contributed by atoms with E-state index in [1.54, 1.807) is 6.07 Å². The monoisotopic (exact) mass is 353 g/mol. The molecule has 3 aromatic rings. The zero-order valence-corrected chi connectivity index (χ0v) is 14.6. The van der Waals surface area contributed by atoms with E-state index in [0.717, 1.165) is 54.2 Å². The smallest absolute Gasteiger partial charge is 0.222 e. The van der Waals surface area contributed by atoms with Crippen molar-refractivity contribution in [3.05, 3.63) is 59.4 Å². The van der Waals surface area contributed by atoms with Gasteiger partial charge in [0.25, 0.3) is 0 Å². The summed E-state index contributed by atoms with van der Waals surface area (Å²) in [4.78, 5) is 10.9. The minimum absolute atomic E-state index is 0.273. The third-order valence-corrected chi connectivity index (χ3v) is 4.45. The van der Waals surface area contributed by atoms with Gasteiger partial charge in [-0.1, -0.05) is 17.3 Å². The standard InChI is InChI=1S/C19H20FN5O/c1-2-21-19-22-9-13(10-23-19)11-25-7-6-17-16(12-25)18(24-26-17)14-4-3-5-15(20)8-14/h3-5,8-10H,2,6-7,11-12H2,1H3,(H,21,22,23). The molecule has 0 bridgehead atoms. The van der Waals surface area contributed by atoms with Gasteiger partial charge in [-0.2, -0.15) is 0 Å². The minimum atomic E-state index is -0.273. The second-order valence-corrected chi connectivity index (χ2v) is 6.35. The zero-order chi connectivity index (χ0) is 17.9. The lowest BCUT2D eigenvalue weighted by Gasteiger charge is -2.25. The van der Waals surface area contributed by atoms with Crippen LogP contribution in [-0.2, 0) is 19.5 Å². The molecular formula is C19H20FN5O. The van der Waals surface area contributed by atoms with Gasteiger partial charge in [0.2, 0.25) is 5.95 Å². The number of rotatable bonds is 5. The van der Waals surface area contributed by atoms with E-state index < -0.39 is 0 Å². The second-order valence-electron chi connectivity index (χ2n) is 6.35. The molecule has 0 fully saturated rings. The normalized spacial score (nSPS) is 14.2. The van der Waals surface area contributed by atoms with Gasteiger partial charge in [0.15, 0.2) is 0 Å². The summed E-state index contributed by atoms with van der Waals surface area (Å²) >= 11 is 0. The van der Waals surface area contributed by atoms with E-state index in [1.165, 1.54) is 12.1 Å². The fraction of sp³-hybridized carbons (Fsp3) is 0.316. The molecule has 0 atom stereocenters. The summed E-state index contributed by atoms with van der Waals surface area (Å²) in [6, 6.07) is 6.47. The van der Waals surface area contributed by atoms with Crippen LogP contribution >= 0.6 is 0 Å². The number of aromatic nitrogens is 3. The fourth-order valence-electron chi connectivity index (χ4n) is 3.21. The van der Waals surface area contributed by atoms with Crippen molar-refractivity contribution >= 4 is 5.95 Å². The molecular weight excluding hydrogens is 333 g/mol. The molecule has 1 aliphatic rings. The maximum atomic E-state index is 13.6. The van der Waals surface area contributed by atoms with Crippen LogP contribution in [-0.4, -0.2) is 33.1 Å². The van der Waals surface area contributed by atoms with Crippen LogP contribution in [0.5, 0.6) is 0 Å². The van der Waals surface area contributed by atoms with Gasteiger partial charge in [-0.3, -0.25) is 4.90 Å². The van der Waals surface area contributed by atoms with E-state index in [9.17, 15) is 4.39 Å². The van der Waals surface area contributed by atoms with Crippen molar-refractivity contribution in [3.8, 4) is 11.3 Å². The molecule has 0 spiro atoms. The molecule has 1 N–H and O–H groups in total. The molecule has 0 amide bonds. The highest BCUT2D eigenvalue weighted by Gasteiger charge is 2.25. The predicted octanol–water partition coefficient (Wildman–Crippen LogP) is 3.26. The maximum absolute atomic E-state index is 13.6. The van der Waals surface area contributed by atoms with Crippen LogP contribution in [0.2, 0.25) is 0 Å². The Balaban J connectivity index is 1.51. The van der Waals surface area contributed by atoms with Crippen molar-refractivity contribution in [1.29, 1.82) is 0 Å². The van der Waals surface area contributed by atoms with Crippen LogP contribution < -0.4 is 5.32 Å². The third kappa shape index (κ3) is 3.43. The van der Waals surface area contributed by atoms with Gasteiger partial charge in [0.05, 0.1) is 0 Å². The van der Waals surface area contributed by atoms with Gasteiger partial charge in [-0.15, -0.1) is 0 Å². The van der Waals surface area contributed by atoms with Gasteiger partial charge in [-0.05, 0) is 19.1 Å². The molecule has 1 aliphatic heterocycles. The Morgan fingerprint density at radius 1 is 1.27 bits per heavy atom. The van der Waals surface area contributed by atoms with Crippen molar-refractivity contribution in [2.45, 2.75) is 26.4 Å². The van der Waals surface area contributed by atoms with E-state index in [0.29, 0.717) is 12.5 Å². The summed E-state index contributed by atoms with van der Waals surface area (Å²) in [6.45, 7) is 5.14. The van der Waals surface area contributed by atoms with Gasteiger partial charge in [-0.25, -0.2) is 14.4 Å². The molecule has 4 rings (SSSR count). The molecule has 26 heavy (non-hydrogen) atoms. The van der Waals surface area contributed by atoms with Crippen molar-refractivity contribution in [2.24, 2.45) is 0 Å². The van der Waals surface area contributed by atoms with E-state index in [-0.39, 0.29) is 5.82 Å². The Morgan fingerprint density at radius 2 is 2.12 bits per heavy atom. The molecule has 0 radical (unpaired) electrons. The van der Waals surface area contributed by atoms with Crippen LogP contribution in [0.1, 0.15) is 23.8 Å². The van der Waals surface area contributed by atoms with Crippen LogP contribution in [0.4, 0.5) is 10.3 Å². The Hall–Kier alpha value is -2.80. The van der Waals surface area contributed by atoms with Crippen LogP contribution in [0.25, 0.3) is 11.3 Å². The van der Waals surface area contributed by atoms with Crippen molar-refractivity contribution < 1.29 is 8.91 Å². The Morgan fingerprint density at radius 3 is 2.88 bits per heavy atom. The molecule has 2 aromatic heterocycles. The first-order valence-electron chi connectivity index (χ1n) is 8.73. The van der Waals surface area contributed by atoms with Crippen LogP contribution in [0.15, 0.2) is 41.2 Å². The Bertz CT molecular complexity index is 893. The average molecular weight is 353 g/mol. The van der Waals surface area contributed by atoms with E-state index in [1.807, 2.05) is 25.4 Å². The lowest BCUT2D eigenvalue weighted by molar-refractivity contribution is 0.228. The number of nitrogens with one attached hydrogen (secondary N) is 1. The van der Waals surface area contributed by atoms with E-state index in [4.69, 9.17) is 4.52 Å². The number of hydrogen-bond acceptors (Lipinski definition) is 6. The quantitative estimate of drug-likeness (QED) is 0.759. The Kier molecular flexibility index (Phi) is 4.62. The predicted molar refractivity (Wildman–Crippen MR) is 95.9 cm³/mol. The summed E-state index contributed by atoms with van der Waals surface area (Å²) in [5.74, 6) is 1.26. The van der Waals surface area contributed by atoms with Crippen LogP contribution in [0.3, 0.4) is 0 Å². The second kappa shape index (κ2) is 7.21. The SMILES string of the molecule is CCNc1ncc(CN2CCc3onc(-c4cccc(F)c4)c3C2)cn1. The summed E-state index contributed by atoms with van der Waals surface area (Å²) < 4.78 is 19.0. The van der Waals surface area contributed by atoms with E-state index >= 15 is 0 Å². The highest BCUT2D eigenvalue weighted by molar-refractivity contribution is 5.63. The first-order valence-corrected chi connectivity index (χ1v) is 8.73. The number of benzene rings is 1. The lowest BCUT2D eigenvalue weighted by Crippen LogP contribution is -2.29. The molecule has 0 aliphatic carbocycles. The van der Waals surface area contributed by atoms with Crippen molar-refractivity contribution in [2.75, 3.05) is 18.4 Å². The molecule has 3 heterocycles. The maximum Gasteiger partial charge on any atom is 0.222 e. The van der Waals surface area contributed by atoms with Gasteiger partial charge < -0.3 is 9.84 Å². The fourth-order valence-corrected chi connectivity index (χ4v) is 3.21. The van der Waals surface area contributed by atoms with Crippen molar-refractivity contribution in [3.63, 3.8) is 0 Å². The summed E-state index contributed by atoms with van der Waals surface area (Å²) in [7, 11) is 0. The highest BCUT2D eigenvalue weighted by atomic mass is 19.1. The molecule has 0 unspecified atom stereocenters. The molecule has 7 heteroatoms. The number of halogens is 1. The number of fused-ring (bicyclic) bond motifs is 1. The Labute approximate surface area is 151 Å². The molecule has 1 aromatic carbocycles. The third-order valence-electron chi connectivity index (χ3n) is 4.45. The summed E-state index contributed by atoms with van der Waals surface area (Å²) in [5, 5.41) is 7.27. The van der Waals surface area contributed by atoms with Gasteiger partial charge >= 0.3 is 0 Å².